The van der Waals surface area contributed by atoms with Crippen LogP contribution in [0.5, 0.6) is 5.75 Å². The second kappa shape index (κ2) is 19.3. The molecule has 0 atom stereocenters. The molecule has 0 aliphatic carbocycles. The van der Waals surface area contributed by atoms with Gasteiger partial charge in [0.2, 0.25) is 10.9 Å². The van der Waals surface area contributed by atoms with Crippen molar-refractivity contribution < 1.29 is 133 Å². The summed E-state index contributed by atoms with van der Waals surface area (Å²) in [6.45, 7) is 1.56. The van der Waals surface area contributed by atoms with Crippen LogP contribution in [0.25, 0.3) is 52.3 Å². The first kappa shape index (κ1) is 50.7. The minimum Gasteiger partial charge on any atom is -0.744 e. The number of anilines is 2. The van der Waals surface area contributed by atoms with Crippen LogP contribution in [0.2, 0.25) is 0 Å². The van der Waals surface area contributed by atoms with E-state index in [1.165, 1.54) is 11.3 Å². The Bertz CT molecular complexity index is 3720. The molecule has 0 amide bonds. The van der Waals surface area contributed by atoms with Crippen LogP contribution in [0.3, 0.4) is 0 Å². The molecule has 0 saturated carbocycles. The largest absolute Gasteiger partial charge is 1.00 e. The molecular formula is C37H21N6Na3O12S5. The Morgan fingerprint density at radius 2 is 1.25 bits per heavy atom. The number of phenolic OH excluding ortho intramolecular Hbond substituents is 1. The minimum absolute atomic E-state index is 0. The van der Waals surface area contributed by atoms with E-state index in [0.717, 1.165) is 51.9 Å². The van der Waals surface area contributed by atoms with Gasteiger partial charge in [-0.1, -0.05) is 6.07 Å². The molecule has 8 aromatic rings. The maximum Gasteiger partial charge on any atom is 1.00 e. The summed E-state index contributed by atoms with van der Waals surface area (Å²) in [6, 6.07) is 20.4. The van der Waals surface area contributed by atoms with Crippen molar-refractivity contribution >= 4 is 95.6 Å². The normalized spacial score (nSPS) is 12.5. The van der Waals surface area contributed by atoms with Crippen molar-refractivity contribution in [3.63, 3.8) is 0 Å². The number of aromatic hydroxyl groups is 1. The van der Waals surface area contributed by atoms with Crippen LogP contribution >= 0.6 is 22.7 Å². The molecule has 0 unspecified atom stereocenters. The zero-order valence-electron chi connectivity index (χ0n) is 32.9. The summed E-state index contributed by atoms with van der Waals surface area (Å²) in [6.07, 6.45) is 0. The van der Waals surface area contributed by atoms with Crippen molar-refractivity contribution in [2.24, 2.45) is 10.2 Å². The van der Waals surface area contributed by atoms with E-state index in [0.29, 0.717) is 48.6 Å². The summed E-state index contributed by atoms with van der Waals surface area (Å²) in [5.74, 6) is -0.787. The molecule has 2 aromatic heterocycles. The fourth-order valence-electron chi connectivity index (χ4n) is 6.16. The molecule has 0 saturated heterocycles. The third kappa shape index (κ3) is 10.6. The van der Waals surface area contributed by atoms with Gasteiger partial charge in [0.25, 0.3) is 0 Å². The second-order valence-corrected chi connectivity index (χ2v) is 19.0. The summed E-state index contributed by atoms with van der Waals surface area (Å²) >= 11 is 2.50. The van der Waals surface area contributed by atoms with E-state index in [1.54, 1.807) is 55.5 Å². The molecule has 0 bridgehead atoms. The molecule has 8 rings (SSSR count). The SMILES string of the molecule is Cc1ccc2nc(-c3ccc4nc(-c5ccc(NN=c6c(=O)ccc(=NNc7cc(S(=O)(=O)[O-])cc8cc(S(=O)(=O)[O-])cc(O)c78)c6=O)cc5)sc4c3)sc2c1S(=O)(=O)[O-].[Na+].[Na+].[Na+]. The van der Waals surface area contributed by atoms with Crippen molar-refractivity contribution in [1.82, 2.24) is 9.97 Å². The maximum atomic E-state index is 13.3. The van der Waals surface area contributed by atoms with E-state index in [4.69, 9.17) is 4.98 Å². The smallest absolute Gasteiger partial charge is 0.744 e. The molecular weight excluding hydrogens is 950 g/mol. The van der Waals surface area contributed by atoms with E-state index in [2.05, 4.69) is 26.0 Å². The number of hydrogen-bond acceptors (Lipinski definition) is 20. The number of hydrogen-bond donors (Lipinski definition) is 3. The zero-order valence-corrected chi connectivity index (χ0v) is 43.0. The van der Waals surface area contributed by atoms with Crippen LogP contribution in [0.4, 0.5) is 11.4 Å². The van der Waals surface area contributed by atoms with Crippen LogP contribution in [-0.4, -0.2) is 54.0 Å². The number of phenols is 1. The van der Waals surface area contributed by atoms with Gasteiger partial charge in [0.05, 0.1) is 46.5 Å². The number of nitrogens with zero attached hydrogens (tertiary/aromatic N) is 4. The first-order valence-corrected chi connectivity index (χ1v) is 22.6. The molecule has 0 fully saturated rings. The van der Waals surface area contributed by atoms with Gasteiger partial charge in [0, 0.05) is 16.5 Å². The van der Waals surface area contributed by atoms with Gasteiger partial charge in [-0.15, -0.1) is 22.7 Å². The quantitative estimate of drug-likeness (QED) is 0.0691. The van der Waals surface area contributed by atoms with E-state index >= 15 is 0 Å². The van der Waals surface area contributed by atoms with E-state index in [9.17, 15) is 53.6 Å². The van der Waals surface area contributed by atoms with E-state index < -0.39 is 67.5 Å². The van der Waals surface area contributed by atoms with Gasteiger partial charge < -0.3 is 18.8 Å². The number of rotatable bonds is 9. The van der Waals surface area contributed by atoms with Crippen molar-refractivity contribution in [3.05, 3.63) is 128 Å². The van der Waals surface area contributed by atoms with Crippen LogP contribution in [0, 0.1) is 6.92 Å². The Hall–Kier alpha value is -3.31. The number of aryl methyl sites for hydroxylation is 1. The van der Waals surface area contributed by atoms with Crippen LogP contribution in [-0.2, 0) is 30.4 Å². The molecule has 63 heavy (non-hydrogen) atoms. The number of thiazole rings is 2. The Labute approximate surface area is 430 Å². The van der Waals surface area contributed by atoms with Crippen LogP contribution in [0.15, 0.2) is 125 Å². The zero-order chi connectivity index (χ0) is 42.9. The number of nitrogens with one attached hydrogen (secondary N) is 2. The Balaban J connectivity index is 0.00000249. The Morgan fingerprint density at radius 1 is 0.651 bits per heavy atom. The first-order chi connectivity index (χ1) is 28.2. The van der Waals surface area contributed by atoms with Crippen molar-refractivity contribution in [2.75, 3.05) is 10.9 Å². The van der Waals surface area contributed by atoms with Crippen molar-refractivity contribution in [3.8, 4) is 26.9 Å². The van der Waals surface area contributed by atoms with Gasteiger partial charge in [-0.05, 0) is 103 Å². The molecule has 0 aliphatic rings. The topological polar surface area (TPSA) is 301 Å². The van der Waals surface area contributed by atoms with Gasteiger partial charge in [0.1, 0.15) is 51.5 Å². The molecule has 0 spiro atoms. The molecule has 3 N–H and O–H groups in total. The summed E-state index contributed by atoms with van der Waals surface area (Å²) in [4.78, 5) is 33.2. The van der Waals surface area contributed by atoms with Gasteiger partial charge >= 0.3 is 88.7 Å². The molecule has 304 valence electrons. The van der Waals surface area contributed by atoms with E-state index in [-0.39, 0.29) is 110 Å². The first-order valence-electron chi connectivity index (χ1n) is 16.8. The third-order valence-electron chi connectivity index (χ3n) is 8.95. The standard InChI is InChI=1S/C37H24N6O12S5.3Na/c1-17-2-8-26-34(35(17)60(53,54)55)57-37(39-26)19-5-9-24-30(14-19)56-36(38-24)18-3-6-21(7-4-18)40-43-32-28(44)11-10-25(33(32)46)41-42-27-15-22(58(47,48)49)12-20-13-23(59(50,51)52)16-29(45)31(20)27;;;/h2-16,40,42,45H,1H3,(H,47,48,49)(H,50,51,52)(H,53,54,55);;;/q;3*+1/p-3. The minimum atomic E-state index is -5.15. The molecule has 18 nitrogen and oxygen atoms in total. The predicted molar refractivity (Wildman–Crippen MR) is 218 cm³/mol. The number of benzene rings is 6. The molecule has 0 radical (unpaired) electrons. The van der Waals surface area contributed by atoms with E-state index in [1.807, 2.05) is 6.07 Å². The van der Waals surface area contributed by atoms with Gasteiger partial charge in [-0.3, -0.25) is 20.4 Å². The monoisotopic (exact) mass is 970 g/mol. The van der Waals surface area contributed by atoms with Gasteiger partial charge in [-0.2, -0.15) is 10.2 Å². The summed E-state index contributed by atoms with van der Waals surface area (Å²) in [7, 11) is -15.0. The van der Waals surface area contributed by atoms with Gasteiger partial charge in [0.15, 0.2) is 5.36 Å². The summed E-state index contributed by atoms with van der Waals surface area (Å²) in [5, 5.41) is 18.1. The number of aromatic nitrogens is 2. The van der Waals surface area contributed by atoms with Crippen molar-refractivity contribution in [2.45, 2.75) is 21.6 Å². The van der Waals surface area contributed by atoms with Crippen molar-refractivity contribution in [1.29, 1.82) is 0 Å². The summed E-state index contributed by atoms with van der Waals surface area (Å²) in [5.41, 5.74) is 6.16. The second-order valence-electron chi connectivity index (χ2n) is 12.9. The predicted octanol–water partition coefficient (Wildman–Crippen LogP) is -5.42. The fraction of sp³-hybridized carbons (Fsp3) is 0.0270. The average molecular weight is 971 g/mol. The number of fused-ring (bicyclic) bond motifs is 3. The third-order valence-corrected chi connectivity index (χ3v) is 13.9. The Kier molecular flexibility index (Phi) is 15.5. The van der Waals surface area contributed by atoms with Gasteiger partial charge in [-0.25, -0.2) is 35.2 Å². The van der Waals surface area contributed by atoms with Crippen LogP contribution in [0.1, 0.15) is 5.56 Å². The fourth-order valence-corrected chi connectivity index (χ4v) is 10.5. The summed E-state index contributed by atoms with van der Waals surface area (Å²) < 4.78 is 107. The molecule has 0 aliphatic heterocycles. The molecule has 26 heteroatoms. The average Bonchev–Trinajstić information content (AvgIpc) is 3.80. The molecule has 2 heterocycles. The molecule has 6 aromatic carbocycles. The van der Waals surface area contributed by atoms with Crippen LogP contribution < -0.4 is 121 Å². The maximum absolute atomic E-state index is 13.3. The Morgan fingerprint density at radius 3 is 1.90 bits per heavy atom.